The summed E-state index contributed by atoms with van der Waals surface area (Å²) in [6.45, 7) is 9.66. The summed E-state index contributed by atoms with van der Waals surface area (Å²) in [5.41, 5.74) is -4.18. The number of alkyl carbamates (subject to hydrolysis) is 1. The molecule has 8 nitrogen and oxygen atoms in total. The second kappa shape index (κ2) is 12.8. The molecule has 0 bridgehead atoms. The third-order valence-corrected chi connectivity index (χ3v) is 7.61. The van der Waals surface area contributed by atoms with E-state index >= 15 is 0 Å². The second-order valence-corrected chi connectivity index (χ2v) is 14.2. The highest BCUT2D eigenvalue weighted by Crippen LogP contribution is 2.42. The number of halogens is 3. The van der Waals surface area contributed by atoms with Crippen molar-refractivity contribution in [2.75, 3.05) is 11.5 Å². The van der Waals surface area contributed by atoms with E-state index in [1.165, 1.54) is 12.1 Å². The molecule has 0 heterocycles. The highest BCUT2D eigenvalue weighted by atomic mass is 32.2. The highest BCUT2D eigenvalue weighted by molar-refractivity contribution is 7.92. The molecule has 1 amide bonds. The maximum atomic E-state index is 14.1. The number of hydrogen-bond donors (Lipinski definition) is 3. The van der Waals surface area contributed by atoms with Gasteiger partial charge in [0.25, 0.3) is 0 Å². The van der Waals surface area contributed by atoms with Gasteiger partial charge in [-0.2, -0.15) is 13.2 Å². The summed E-state index contributed by atoms with van der Waals surface area (Å²) >= 11 is 0. The third-order valence-electron chi connectivity index (χ3n) is 5.85. The Balaban J connectivity index is 2.19. The van der Waals surface area contributed by atoms with Crippen LogP contribution in [0.2, 0.25) is 0 Å². The molecule has 0 aromatic heterocycles. The molecule has 0 radical (unpaired) electrons. The number of nitrogens with one attached hydrogen (secondary N) is 2. The number of alkyl halides is 3. The number of aliphatic hydroxyl groups is 1. The van der Waals surface area contributed by atoms with Crippen molar-refractivity contribution in [2.24, 2.45) is 0 Å². The van der Waals surface area contributed by atoms with E-state index in [0.29, 0.717) is 5.56 Å². The van der Waals surface area contributed by atoms with Crippen LogP contribution in [0, 0.1) is 4.78 Å². The average molecular weight is 601 g/mol. The van der Waals surface area contributed by atoms with Gasteiger partial charge in [0.15, 0.2) is 5.60 Å². The summed E-state index contributed by atoms with van der Waals surface area (Å²) in [4.78, 5) is 25.0. The Kier molecular flexibility index (Phi) is 10.6. The van der Waals surface area contributed by atoms with Crippen molar-refractivity contribution >= 4 is 21.8 Å². The molecule has 3 atom stereocenters. The summed E-state index contributed by atoms with van der Waals surface area (Å²) in [5, 5.41) is 13.1. The number of ether oxygens (including phenoxy) is 2. The minimum Gasteiger partial charge on any atom is -0.458 e. The van der Waals surface area contributed by atoms with Crippen LogP contribution in [0.4, 0.5) is 18.0 Å². The van der Waals surface area contributed by atoms with E-state index < -0.39 is 74.3 Å². The van der Waals surface area contributed by atoms with Crippen molar-refractivity contribution in [3.05, 3.63) is 60.2 Å². The van der Waals surface area contributed by atoms with Gasteiger partial charge in [0.1, 0.15) is 17.2 Å². The predicted octanol–water partition coefficient (Wildman–Crippen LogP) is 6.17. The monoisotopic (exact) mass is 600 g/mol. The van der Waals surface area contributed by atoms with Crippen molar-refractivity contribution in [3.8, 4) is 11.1 Å². The van der Waals surface area contributed by atoms with Crippen LogP contribution in [-0.4, -0.2) is 56.3 Å². The molecular formula is C29H39F3N2O6S. The Labute approximate surface area is 239 Å². The number of benzene rings is 2. The fourth-order valence-corrected chi connectivity index (χ4v) is 5.26. The maximum Gasteiger partial charge on any atom is 0.421 e. The molecule has 0 aliphatic carbocycles. The first-order valence-electron chi connectivity index (χ1n) is 13.0. The molecule has 0 saturated carbocycles. The van der Waals surface area contributed by atoms with E-state index in [-0.39, 0.29) is 6.42 Å². The minimum absolute atomic E-state index is 0.354. The summed E-state index contributed by atoms with van der Waals surface area (Å²) < 4.78 is 74.1. The van der Waals surface area contributed by atoms with Crippen LogP contribution in [0.5, 0.6) is 0 Å². The molecule has 2 aromatic rings. The van der Waals surface area contributed by atoms with E-state index in [9.17, 15) is 32.1 Å². The lowest BCUT2D eigenvalue weighted by atomic mass is 9.89. The van der Waals surface area contributed by atoms with E-state index in [1.54, 1.807) is 65.8 Å². The largest absolute Gasteiger partial charge is 0.458 e. The number of hydrogen-bond acceptors (Lipinski definition) is 7. The molecule has 12 heteroatoms. The van der Waals surface area contributed by atoms with E-state index in [2.05, 4.69) is 5.32 Å². The number of carbonyl (C=O) groups is 2. The predicted molar refractivity (Wildman–Crippen MR) is 151 cm³/mol. The standard InChI is InChI=1S/C29H39F3N2O6S/c1-26(2,3)39-24(35)23(34-25(36)40-27(4,5)6)16-18-41(33,38)19-17-28(37,29(30,31)32)22-14-12-21(13-15-22)20-10-8-7-9-11-20/h7-15,23,33,37H,16-19H2,1-6H3,(H,34,36)/t23-,28?,41?/m0/s1. The SMILES string of the molecule is CC(C)(C)OC(=O)N[C@@H](CCS(=N)(=O)CCC(O)(c1ccc(-c2ccccc2)cc1)C(F)(F)F)C(=O)OC(C)(C)C. The lowest BCUT2D eigenvalue weighted by molar-refractivity contribution is -0.267. The van der Waals surface area contributed by atoms with Crippen molar-refractivity contribution < 1.29 is 41.5 Å². The molecule has 0 aliphatic heterocycles. The van der Waals surface area contributed by atoms with Crippen LogP contribution in [-0.2, 0) is 29.6 Å². The number of carbonyl (C=O) groups excluding carboxylic acids is 2. The van der Waals surface area contributed by atoms with Crippen molar-refractivity contribution in [1.29, 1.82) is 4.78 Å². The van der Waals surface area contributed by atoms with E-state index in [1.807, 2.05) is 6.07 Å². The topological polar surface area (TPSA) is 126 Å². The van der Waals surface area contributed by atoms with Crippen LogP contribution < -0.4 is 5.32 Å². The summed E-state index contributed by atoms with van der Waals surface area (Å²) in [6, 6.07) is 12.8. The Bertz CT molecular complexity index is 1290. The first-order chi connectivity index (χ1) is 18.6. The zero-order valence-corrected chi connectivity index (χ0v) is 24.9. The molecule has 3 N–H and O–H groups in total. The highest BCUT2D eigenvalue weighted by Gasteiger charge is 2.54. The van der Waals surface area contributed by atoms with Crippen LogP contribution >= 0.6 is 0 Å². The van der Waals surface area contributed by atoms with Gasteiger partial charge in [-0.05, 0) is 64.7 Å². The van der Waals surface area contributed by atoms with E-state index in [4.69, 9.17) is 14.3 Å². The minimum atomic E-state index is -5.12. The Morgan fingerprint density at radius 2 is 1.39 bits per heavy atom. The zero-order valence-electron chi connectivity index (χ0n) is 24.1. The van der Waals surface area contributed by atoms with Crippen LogP contribution in [0.15, 0.2) is 54.6 Å². The van der Waals surface area contributed by atoms with Gasteiger partial charge in [0, 0.05) is 27.7 Å². The summed E-state index contributed by atoms with van der Waals surface area (Å²) in [7, 11) is -3.74. The number of amides is 1. The lowest BCUT2D eigenvalue weighted by Gasteiger charge is -2.31. The van der Waals surface area contributed by atoms with Gasteiger partial charge in [0.2, 0.25) is 0 Å². The molecule has 2 rings (SSSR count). The maximum absolute atomic E-state index is 14.1. The average Bonchev–Trinajstić information content (AvgIpc) is 2.83. The smallest absolute Gasteiger partial charge is 0.421 e. The molecule has 0 fully saturated rings. The fourth-order valence-electron chi connectivity index (χ4n) is 3.81. The van der Waals surface area contributed by atoms with Gasteiger partial charge in [0.05, 0.1) is 0 Å². The van der Waals surface area contributed by atoms with Gasteiger partial charge in [-0.15, -0.1) is 0 Å². The van der Waals surface area contributed by atoms with Crippen molar-refractivity contribution in [2.45, 2.75) is 83.4 Å². The molecule has 0 spiro atoms. The summed E-state index contributed by atoms with van der Waals surface area (Å²) in [6.07, 6.45) is -7.46. The number of esters is 1. The van der Waals surface area contributed by atoms with Gasteiger partial charge in [-0.3, -0.25) is 4.78 Å². The Hall–Kier alpha value is -3.12. The molecule has 228 valence electrons. The quantitative estimate of drug-likeness (QED) is 0.280. The Morgan fingerprint density at radius 3 is 1.88 bits per heavy atom. The van der Waals surface area contributed by atoms with Gasteiger partial charge in [-0.25, -0.2) is 13.8 Å². The normalized spacial score (nSPS) is 16.1. The first kappa shape index (κ1) is 34.1. The van der Waals surface area contributed by atoms with Gasteiger partial charge >= 0.3 is 18.2 Å². The first-order valence-corrected chi connectivity index (χ1v) is 14.9. The number of rotatable bonds is 10. The second-order valence-electron chi connectivity index (χ2n) is 11.8. The zero-order chi connectivity index (χ0) is 31.3. The van der Waals surface area contributed by atoms with Crippen molar-refractivity contribution in [3.63, 3.8) is 0 Å². The molecule has 2 aromatic carbocycles. The lowest BCUT2D eigenvalue weighted by Crippen LogP contribution is -2.47. The van der Waals surface area contributed by atoms with Crippen molar-refractivity contribution in [1.82, 2.24) is 5.32 Å². The van der Waals surface area contributed by atoms with Crippen LogP contribution in [0.1, 0.15) is 59.9 Å². The fraction of sp³-hybridized carbons (Fsp3) is 0.517. The molecule has 0 aliphatic rings. The van der Waals surface area contributed by atoms with E-state index in [0.717, 1.165) is 17.7 Å². The summed E-state index contributed by atoms with van der Waals surface area (Å²) in [5.74, 6) is -2.21. The Morgan fingerprint density at radius 1 is 0.878 bits per heavy atom. The third kappa shape index (κ3) is 10.7. The van der Waals surface area contributed by atoms with Gasteiger partial charge in [-0.1, -0.05) is 54.6 Å². The van der Waals surface area contributed by atoms with Gasteiger partial charge < -0.3 is 19.9 Å². The molecule has 2 unspecified atom stereocenters. The molecular weight excluding hydrogens is 561 g/mol. The molecule has 0 saturated heterocycles. The van der Waals surface area contributed by atoms with Crippen LogP contribution in [0.3, 0.4) is 0 Å². The molecule has 41 heavy (non-hydrogen) atoms. The van der Waals surface area contributed by atoms with Crippen LogP contribution in [0.25, 0.3) is 11.1 Å².